The van der Waals surface area contributed by atoms with Gasteiger partial charge in [-0.15, -0.1) is 0 Å². The van der Waals surface area contributed by atoms with Gasteiger partial charge < -0.3 is 24.6 Å². The monoisotopic (exact) mass is 602 g/mol. The molecule has 0 bridgehead atoms. The fourth-order valence-electron chi connectivity index (χ4n) is 6.99. The summed E-state index contributed by atoms with van der Waals surface area (Å²) in [5.74, 6) is -2.58. The number of aromatic nitrogens is 1. The number of hydrogen-bond acceptors (Lipinski definition) is 8. The molecule has 10 nitrogen and oxygen atoms in total. The van der Waals surface area contributed by atoms with E-state index in [1.54, 1.807) is 25.4 Å². The molecule has 3 aliphatic rings. The van der Waals surface area contributed by atoms with Gasteiger partial charge in [-0.3, -0.25) is 24.3 Å². The summed E-state index contributed by atoms with van der Waals surface area (Å²) in [6.07, 6.45) is 6.45. The van der Waals surface area contributed by atoms with Crippen molar-refractivity contribution in [1.82, 2.24) is 9.88 Å². The molecule has 4 atom stereocenters. The summed E-state index contributed by atoms with van der Waals surface area (Å²) in [5.41, 5.74) is 4.17. The van der Waals surface area contributed by atoms with Gasteiger partial charge in [-0.25, -0.2) is 0 Å². The zero-order chi connectivity index (χ0) is 31.2. The van der Waals surface area contributed by atoms with Crippen molar-refractivity contribution in [2.24, 2.45) is 17.8 Å². The average molecular weight is 602 g/mol. The highest BCUT2D eigenvalue weighted by Crippen LogP contribution is 2.50. The number of carbonyl (C=O) groups excluding carboxylic acids is 2. The fourth-order valence-corrected chi connectivity index (χ4v) is 6.99. The summed E-state index contributed by atoms with van der Waals surface area (Å²) in [4.78, 5) is 43.9. The maximum atomic E-state index is 13.7. The van der Waals surface area contributed by atoms with Gasteiger partial charge >= 0.3 is 13.1 Å². The lowest BCUT2D eigenvalue weighted by Crippen LogP contribution is -2.46. The molecule has 1 aromatic carbocycles. The van der Waals surface area contributed by atoms with Crippen LogP contribution in [0.1, 0.15) is 56.2 Å². The van der Waals surface area contributed by atoms with E-state index in [2.05, 4.69) is 4.98 Å². The average Bonchev–Trinajstić information content (AvgIpc) is 3.24. The van der Waals surface area contributed by atoms with Crippen molar-refractivity contribution in [3.8, 4) is 5.75 Å². The molecule has 1 aliphatic carbocycles. The Hall–Kier alpha value is -3.80. The number of phenols is 1. The Morgan fingerprint density at radius 3 is 2.61 bits per heavy atom. The Balaban J connectivity index is 1.39. The smallest absolute Gasteiger partial charge is 0.455 e. The quantitative estimate of drug-likeness (QED) is 0.133. The topological polar surface area (TPSA) is 146 Å². The maximum Gasteiger partial charge on any atom is 0.455 e. The number of aromatic hydroxyl groups is 1. The Bertz CT molecular complexity index is 1430. The number of aliphatic carboxylic acids is 1. The lowest BCUT2D eigenvalue weighted by molar-refractivity contribution is -0.141. The maximum absolute atomic E-state index is 13.7. The van der Waals surface area contributed by atoms with Gasteiger partial charge in [-0.2, -0.15) is 0 Å². The standard InChI is InChI=1S/C33H39BN2O8/c1-43-20-23-18-24-31(33(41)36(32(24)40)16-8-2-3-12-29(38)39)25-19-34(42)44-28(30(23)25)14-13-21(26-10-6-7-15-35-26)17-22-9-4-5-11-27(22)37/h4-7,9-11,15,17,24-25,28,31,37,42H,2-3,8,12-14,16,18-20H2,1H3,(H,38,39)/b21-17-/t24-,25+,28-,31-/m1/s1. The highest BCUT2D eigenvalue weighted by molar-refractivity contribution is 6.43. The molecular weight excluding hydrogens is 563 g/mol. The van der Waals surface area contributed by atoms with Crippen LogP contribution in [0.15, 0.2) is 59.8 Å². The Kier molecular flexibility index (Phi) is 10.3. The van der Waals surface area contributed by atoms with Gasteiger partial charge in [-0.05, 0) is 85.3 Å². The number of likely N-dealkylation sites (tertiary alicyclic amines) is 1. The number of amides is 2. The molecular formula is C33H39BN2O8. The number of imide groups is 1. The van der Waals surface area contributed by atoms with Crippen molar-refractivity contribution in [2.75, 3.05) is 20.3 Å². The molecule has 2 fully saturated rings. The molecule has 0 saturated carbocycles. The molecule has 2 aromatic rings. The Labute approximate surface area is 257 Å². The molecule has 11 heteroatoms. The van der Waals surface area contributed by atoms with Crippen molar-refractivity contribution < 1.29 is 39.0 Å². The van der Waals surface area contributed by atoms with Crippen LogP contribution in [0.5, 0.6) is 5.75 Å². The van der Waals surface area contributed by atoms with Crippen molar-refractivity contribution in [3.63, 3.8) is 0 Å². The lowest BCUT2D eigenvalue weighted by Gasteiger charge is -2.43. The third-order valence-corrected chi connectivity index (χ3v) is 8.93. The van der Waals surface area contributed by atoms with Crippen molar-refractivity contribution in [2.45, 2.75) is 57.4 Å². The number of carbonyl (C=O) groups is 3. The second-order valence-corrected chi connectivity index (χ2v) is 11.8. The Morgan fingerprint density at radius 2 is 1.89 bits per heavy atom. The highest BCUT2D eigenvalue weighted by Gasteiger charge is 2.57. The molecule has 2 saturated heterocycles. The van der Waals surface area contributed by atoms with Gasteiger partial charge in [0, 0.05) is 31.8 Å². The predicted molar refractivity (Wildman–Crippen MR) is 164 cm³/mol. The van der Waals surface area contributed by atoms with Crippen LogP contribution in [0.4, 0.5) is 0 Å². The van der Waals surface area contributed by atoms with Crippen molar-refractivity contribution in [1.29, 1.82) is 0 Å². The van der Waals surface area contributed by atoms with Crippen LogP contribution in [0.2, 0.25) is 6.32 Å². The van der Waals surface area contributed by atoms with Gasteiger partial charge in [0.25, 0.3) is 0 Å². The number of nitrogens with zero attached hydrogens (tertiary/aromatic N) is 2. The minimum atomic E-state index is -1.09. The molecule has 232 valence electrons. The van der Waals surface area contributed by atoms with Crippen LogP contribution in [0, 0.1) is 17.8 Å². The number of phenolic OH excluding ortho intramolecular Hbond substituents is 1. The van der Waals surface area contributed by atoms with Crippen LogP contribution in [-0.2, 0) is 23.8 Å². The number of fused-ring (bicyclic) bond motifs is 3. The van der Waals surface area contributed by atoms with E-state index < -0.39 is 31.0 Å². The number of benzene rings is 1. The molecule has 2 amide bonds. The normalized spacial score (nSPS) is 23.6. The van der Waals surface area contributed by atoms with Gasteiger partial charge in [-0.1, -0.05) is 30.7 Å². The van der Waals surface area contributed by atoms with Gasteiger partial charge in [0.1, 0.15) is 5.75 Å². The first kappa shape index (κ1) is 31.6. The summed E-state index contributed by atoms with van der Waals surface area (Å²) in [5, 5.41) is 30.2. The number of pyridine rings is 1. The molecule has 2 aliphatic heterocycles. The Morgan fingerprint density at radius 1 is 1.09 bits per heavy atom. The number of carboxylic acids is 1. The molecule has 1 aromatic heterocycles. The summed E-state index contributed by atoms with van der Waals surface area (Å²) in [7, 11) is 0.506. The number of hydrogen-bond donors (Lipinski definition) is 3. The van der Waals surface area contributed by atoms with E-state index in [0.717, 1.165) is 22.4 Å². The summed E-state index contributed by atoms with van der Waals surface area (Å²) in [6.45, 7) is 0.557. The molecule has 0 radical (unpaired) electrons. The second-order valence-electron chi connectivity index (χ2n) is 11.8. The number of allylic oxidation sites excluding steroid dienone is 1. The molecule has 44 heavy (non-hydrogen) atoms. The van der Waals surface area contributed by atoms with Crippen LogP contribution in [0.25, 0.3) is 11.6 Å². The van der Waals surface area contributed by atoms with Gasteiger partial charge in [0.05, 0.1) is 30.2 Å². The number of ether oxygens (including phenoxy) is 1. The van der Waals surface area contributed by atoms with E-state index in [0.29, 0.717) is 50.7 Å². The lowest BCUT2D eigenvalue weighted by atomic mass is 9.58. The highest BCUT2D eigenvalue weighted by atomic mass is 16.5. The molecule has 3 heterocycles. The zero-order valence-electron chi connectivity index (χ0n) is 24.9. The zero-order valence-corrected chi connectivity index (χ0v) is 24.9. The minimum absolute atomic E-state index is 0.0614. The molecule has 5 rings (SSSR count). The molecule has 0 spiro atoms. The summed E-state index contributed by atoms with van der Waals surface area (Å²) < 4.78 is 11.7. The SMILES string of the molecule is COCC1=C2[C@@H](CC/C(=C/c3ccccc3O)c3ccccn3)OB(O)C[C@@H]2[C@@H]2C(=O)N(CCCCCC(=O)O)C(=O)[C@@H]2C1. The van der Waals surface area contributed by atoms with E-state index in [1.165, 1.54) is 4.90 Å². The van der Waals surface area contributed by atoms with Crippen LogP contribution in [0.3, 0.4) is 0 Å². The number of carboxylic acid groups (broad SMARTS) is 1. The third kappa shape index (κ3) is 6.95. The van der Waals surface area contributed by atoms with E-state index >= 15 is 0 Å². The van der Waals surface area contributed by atoms with Crippen molar-refractivity contribution in [3.05, 3.63) is 71.1 Å². The first-order chi connectivity index (χ1) is 21.3. The minimum Gasteiger partial charge on any atom is -0.507 e. The first-order valence-electron chi connectivity index (χ1n) is 15.3. The van der Waals surface area contributed by atoms with Crippen LogP contribution >= 0.6 is 0 Å². The number of methoxy groups -OCH3 is 1. The predicted octanol–water partition coefficient (Wildman–Crippen LogP) is 4.20. The van der Waals surface area contributed by atoms with E-state index in [4.69, 9.17) is 14.5 Å². The van der Waals surface area contributed by atoms with Crippen LogP contribution < -0.4 is 0 Å². The first-order valence-corrected chi connectivity index (χ1v) is 15.3. The molecule has 3 N–H and O–H groups in total. The van der Waals surface area contributed by atoms with Gasteiger partial charge in [0.15, 0.2) is 0 Å². The van der Waals surface area contributed by atoms with E-state index in [-0.39, 0.29) is 42.8 Å². The van der Waals surface area contributed by atoms with E-state index in [9.17, 15) is 24.5 Å². The van der Waals surface area contributed by atoms with Crippen LogP contribution in [-0.4, -0.2) is 76.4 Å². The largest absolute Gasteiger partial charge is 0.507 e. The third-order valence-electron chi connectivity index (χ3n) is 8.93. The van der Waals surface area contributed by atoms with E-state index in [1.807, 2.05) is 36.4 Å². The van der Waals surface area contributed by atoms with Crippen molar-refractivity contribution >= 4 is 36.6 Å². The second kappa shape index (κ2) is 14.3. The number of unbranched alkanes of at least 4 members (excludes halogenated alkanes) is 2. The molecule has 0 unspecified atom stereocenters. The van der Waals surface area contributed by atoms with Gasteiger partial charge in [0.2, 0.25) is 11.8 Å². The summed E-state index contributed by atoms with van der Waals surface area (Å²) >= 11 is 0. The number of para-hydroxylation sites is 1. The summed E-state index contributed by atoms with van der Waals surface area (Å²) in [6, 6.07) is 12.7. The fraction of sp³-hybridized carbons (Fsp3) is 0.455. The number of rotatable bonds is 13.